The highest BCUT2D eigenvalue weighted by Gasteiger charge is 2.08. The smallest absolute Gasteiger partial charge is 0.247 e. The summed E-state index contributed by atoms with van der Waals surface area (Å²) >= 11 is 7.71. The molecule has 0 spiro atoms. The van der Waals surface area contributed by atoms with Gasteiger partial charge in [0.2, 0.25) is 11.8 Å². The summed E-state index contributed by atoms with van der Waals surface area (Å²) in [5, 5.41) is 8.70. The van der Waals surface area contributed by atoms with Gasteiger partial charge in [-0.3, -0.25) is 0 Å². The average Bonchev–Trinajstić information content (AvgIpc) is 2.78. The van der Waals surface area contributed by atoms with Crippen LogP contribution in [-0.2, 0) is 5.75 Å². The van der Waals surface area contributed by atoms with Gasteiger partial charge in [0.25, 0.3) is 0 Å². The summed E-state index contributed by atoms with van der Waals surface area (Å²) in [5.41, 5.74) is 0.858. The molecule has 2 aromatic rings. The monoisotopic (exact) mass is 268 g/mol. The maximum atomic E-state index is 5.91. The van der Waals surface area contributed by atoms with E-state index >= 15 is 0 Å². The molecule has 1 heterocycles. The fraction of sp³-hybridized carbons (Fsp3) is 0.333. The van der Waals surface area contributed by atoms with Crippen LogP contribution in [0.15, 0.2) is 28.7 Å². The van der Waals surface area contributed by atoms with Crippen LogP contribution >= 0.6 is 23.4 Å². The van der Waals surface area contributed by atoms with Crippen molar-refractivity contribution in [3.05, 3.63) is 35.2 Å². The van der Waals surface area contributed by atoms with Gasteiger partial charge in [0, 0.05) is 10.6 Å². The minimum atomic E-state index is 0.527. The van der Waals surface area contributed by atoms with Crippen molar-refractivity contribution in [2.24, 2.45) is 0 Å². The van der Waals surface area contributed by atoms with E-state index in [0.717, 1.165) is 23.5 Å². The summed E-state index contributed by atoms with van der Waals surface area (Å²) in [5.74, 6) is 3.06. The Morgan fingerprint density at radius 2 is 2.24 bits per heavy atom. The summed E-state index contributed by atoms with van der Waals surface area (Å²) in [4.78, 5) is 0. The van der Waals surface area contributed by atoms with E-state index in [1.807, 2.05) is 24.3 Å². The van der Waals surface area contributed by atoms with E-state index in [-0.39, 0.29) is 0 Å². The summed E-state index contributed by atoms with van der Waals surface area (Å²) in [6.45, 7) is 2.15. The molecule has 0 saturated carbocycles. The van der Waals surface area contributed by atoms with Gasteiger partial charge in [-0.15, -0.1) is 10.2 Å². The van der Waals surface area contributed by atoms with Gasteiger partial charge >= 0.3 is 0 Å². The van der Waals surface area contributed by atoms with Crippen molar-refractivity contribution in [3.8, 4) is 11.5 Å². The first kappa shape index (κ1) is 12.5. The Balaban J connectivity index is 2.07. The number of rotatable bonds is 5. The third-order valence-electron chi connectivity index (χ3n) is 2.11. The molecule has 1 aromatic heterocycles. The molecule has 0 bridgehead atoms. The van der Waals surface area contributed by atoms with Gasteiger partial charge in [0.1, 0.15) is 0 Å². The number of thioether (sulfide) groups is 1. The lowest BCUT2D eigenvalue weighted by Crippen LogP contribution is -1.81. The number of aromatic nitrogens is 2. The highest BCUT2D eigenvalue weighted by molar-refractivity contribution is 7.98. The molecule has 0 aliphatic heterocycles. The second-order valence-corrected chi connectivity index (χ2v) is 5.11. The first-order valence-electron chi connectivity index (χ1n) is 5.45. The second kappa shape index (κ2) is 6.07. The van der Waals surface area contributed by atoms with Gasteiger partial charge in [-0.2, -0.15) is 11.8 Å². The van der Waals surface area contributed by atoms with E-state index in [0.29, 0.717) is 16.8 Å². The van der Waals surface area contributed by atoms with Crippen molar-refractivity contribution in [2.45, 2.75) is 19.1 Å². The van der Waals surface area contributed by atoms with Crippen LogP contribution in [0.5, 0.6) is 0 Å². The molecule has 0 aliphatic rings. The summed E-state index contributed by atoms with van der Waals surface area (Å²) < 4.78 is 5.57. The van der Waals surface area contributed by atoms with Crippen LogP contribution in [0.25, 0.3) is 11.5 Å². The Bertz CT molecular complexity index is 487. The highest BCUT2D eigenvalue weighted by Crippen LogP contribution is 2.22. The molecule has 0 radical (unpaired) electrons. The molecule has 5 heteroatoms. The zero-order valence-corrected chi connectivity index (χ0v) is 11.1. The normalized spacial score (nSPS) is 10.7. The molecule has 1 aromatic carbocycles. The highest BCUT2D eigenvalue weighted by atomic mass is 35.5. The second-order valence-electron chi connectivity index (χ2n) is 3.56. The van der Waals surface area contributed by atoms with Gasteiger partial charge in [0.15, 0.2) is 0 Å². The van der Waals surface area contributed by atoms with Crippen molar-refractivity contribution < 1.29 is 4.42 Å². The van der Waals surface area contributed by atoms with E-state index in [9.17, 15) is 0 Å². The Labute approximate surface area is 110 Å². The number of hydrogen-bond acceptors (Lipinski definition) is 4. The van der Waals surface area contributed by atoms with Crippen molar-refractivity contribution in [3.63, 3.8) is 0 Å². The quantitative estimate of drug-likeness (QED) is 0.768. The molecule has 90 valence electrons. The largest absolute Gasteiger partial charge is 0.420 e. The molecule has 0 atom stereocenters. The lowest BCUT2D eigenvalue weighted by atomic mass is 10.2. The molecular weight excluding hydrogens is 256 g/mol. The van der Waals surface area contributed by atoms with Crippen molar-refractivity contribution >= 4 is 23.4 Å². The third-order valence-corrected chi connectivity index (χ3v) is 3.50. The fourth-order valence-corrected chi connectivity index (χ4v) is 2.27. The number of halogens is 1. The summed E-state index contributed by atoms with van der Waals surface area (Å²) in [6.07, 6.45) is 1.15. The van der Waals surface area contributed by atoms with E-state index in [4.69, 9.17) is 16.0 Å². The Hall–Kier alpha value is -1.00. The Kier molecular flexibility index (Phi) is 4.45. The van der Waals surface area contributed by atoms with Gasteiger partial charge in [-0.05, 0) is 30.4 Å². The predicted octanol–water partition coefficient (Wildman–Crippen LogP) is 4.03. The lowest BCUT2D eigenvalue weighted by Gasteiger charge is -1.95. The minimum Gasteiger partial charge on any atom is -0.420 e. The van der Waals surface area contributed by atoms with Crippen LogP contribution in [0.4, 0.5) is 0 Å². The molecule has 0 unspecified atom stereocenters. The molecule has 0 N–H and O–H groups in total. The Morgan fingerprint density at radius 1 is 1.35 bits per heavy atom. The van der Waals surface area contributed by atoms with Gasteiger partial charge in [-0.25, -0.2) is 0 Å². The molecule has 0 aliphatic carbocycles. The van der Waals surface area contributed by atoms with E-state index < -0.39 is 0 Å². The zero-order chi connectivity index (χ0) is 12.1. The number of nitrogens with zero attached hydrogens (tertiary/aromatic N) is 2. The Morgan fingerprint density at radius 3 is 3.00 bits per heavy atom. The predicted molar refractivity (Wildman–Crippen MR) is 71.2 cm³/mol. The van der Waals surface area contributed by atoms with Crippen LogP contribution < -0.4 is 0 Å². The topological polar surface area (TPSA) is 38.9 Å². The number of benzene rings is 1. The molecular formula is C12H13ClN2OS. The number of hydrogen-bond donors (Lipinski definition) is 0. The van der Waals surface area contributed by atoms with Crippen molar-refractivity contribution in [1.82, 2.24) is 10.2 Å². The first-order chi connectivity index (χ1) is 8.29. The van der Waals surface area contributed by atoms with Crippen LogP contribution in [0.2, 0.25) is 5.02 Å². The van der Waals surface area contributed by atoms with Crippen molar-refractivity contribution in [1.29, 1.82) is 0 Å². The van der Waals surface area contributed by atoms with Gasteiger partial charge in [-0.1, -0.05) is 24.6 Å². The zero-order valence-electron chi connectivity index (χ0n) is 9.52. The van der Waals surface area contributed by atoms with E-state index in [1.54, 1.807) is 11.8 Å². The molecule has 0 saturated heterocycles. The standard InChI is InChI=1S/C12H13ClN2OS/c1-2-6-17-8-11-14-15-12(16-11)9-4-3-5-10(13)7-9/h3-5,7H,2,6,8H2,1H3. The van der Waals surface area contributed by atoms with Crippen LogP contribution in [0, 0.1) is 0 Å². The molecule has 2 rings (SSSR count). The minimum absolute atomic E-state index is 0.527. The van der Waals surface area contributed by atoms with Crippen LogP contribution in [0.3, 0.4) is 0 Å². The molecule has 0 fully saturated rings. The maximum Gasteiger partial charge on any atom is 0.247 e. The SMILES string of the molecule is CCCSCc1nnc(-c2cccc(Cl)c2)o1. The summed E-state index contributed by atoms with van der Waals surface area (Å²) in [6, 6.07) is 7.41. The average molecular weight is 269 g/mol. The van der Waals surface area contributed by atoms with Crippen LogP contribution in [-0.4, -0.2) is 16.0 Å². The molecule has 17 heavy (non-hydrogen) atoms. The van der Waals surface area contributed by atoms with Gasteiger partial charge < -0.3 is 4.42 Å². The van der Waals surface area contributed by atoms with Crippen molar-refractivity contribution in [2.75, 3.05) is 5.75 Å². The van der Waals surface area contributed by atoms with Crippen LogP contribution in [0.1, 0.15) is 19.2 Å². The third kappa shape index (κ3) is 3.48. The maximum absolute atomic E-state index is 5.91. The summed E-state index contributed by atoms with van der Waals surface area (Å²) in [7, 11) is 0. The molecule has 0 amide bonds. The van der Waals surface area contributed by atoms with E-state index in [2.05, 4.69) is 17.1 Å². The molecule has 3 nitrogen and oxygen atoms in total. The lowest BCUT2D eigenvalue weighted by molar-refractivity contribution is 0.528. The fourth-order valence-electron chi connectivity index (χ4n) is 1.35. The van der Waals surface area contributed by atoms with Gasteiger partial charge in [0.05, 0.1) is 5.75 Å². The first-order valence-corrected chi connectivity index (χ1v) is 6.99. The van der Waals surface area contributed by atoms with E-state index in [1.165, 1.54) is 0 Å².